The first-order valence-corrected chi connectivity index (χ1v) is 7.54. The van der Waals surface area contributed by atoms with Gasteiger partial charge in [0.15, 0.2) is 0 Å². The first-order chi connectivity index (χ1) is 10.2. The summed E-state index contributed by atoms with van der Waals surface area (Å²) in [7, 11) is 0. The lowest BCUT2D eigenvalue weighted by Gasteiger charge is -2.34. The van der Waals surface area contributed by atoms with Crippen molar-refractivity contribution in [3.05, 3.63) is 53.3 Å². The van der Waals surface area contributed by atoms with Crippen molar-refractivity contribution >= 4 is 5.95 Å². The molecule has 0 bridgehead atoms. The quantitative estimate of drug-likeness (QED) is 0.865. The molecule has 2 aromatic rings. The van der Waals surface area contributed by atoms with E-state index in [-0.39, 0.29) is 0 Å². The molecule has 0 aliphatic carbocycles. The van der Waals surface area contributed by atoms with E-state index in [0.717, 1.165) is 50.1 Å². The molecule has 1 aliphatic heterocycles. The Morgan fingerprint density at radius 1 is 0.905 bits per heavy atom. The second-order valence-electron chi connectivity index (χ2n) is 5.70. The second-order valence-corrected chi connectivity index (χ2v) is 5.70. The van der Waals surface area contributed by atoms with Crippen LogP contribution in [0.4, 0.5) is 5.95 Å². The lowest BCUT2D eigenvalue weighted by Crippen LogP contribution is -2.46. The first-order valence-electron chi connectivity index (χ1n) is 7.54. The molecule has 4 nitrogen and oxygen atoms in total. The van der Waals surface area contributed by atoms with Crippen molar-refractivity contribution in [1.82, 2.24) is 14.9 Å². The fourth-order valence-electron chi connectivity index (χ4n) is 2.80. The summed E-state index contributed by atoms with van der Waals surface area (Å²) in [5.74, 6) is 0.881. The minimum atomic E-state index is 0.881. The molecule has 3 rings (SSSR count). The van der Waals surface area contributed by atoms with Crippen LogP contribution in [0.1, 0.15) is 17.0 Å². The van der Waals surface area contributed by atoms with Gasteiger partial charge in [-0.25, -0.2) is 9.97 Å². The lowest BCUT2D eigenvalue weighted by molar-refractivity contribution is 0.248. The molecule has 110 valence electrons. The maximum atomic E-state index is 4.56. The maximum absolute atomic E-state index is 4.56. The van der Waals surface area contributed by atoms with Gasteiger partial charge in [-0.15, -0.1) is 0 Å². The zero-order valence-electron chi connectivity index (χ0n) is 12.8. The third-order valence-electron chi connectivity index (χ3n) is 3.87. The number of nitrogens with zero attached hydrogens (tertiary/aromatic N) is 4. The van der Waals surface area contributed by atoms with Crippen molar-refractivity contribution < 1.29 is 0 Å². The molecule has 0 radical (unpaired) electrons. The Balaban J connectivity index is 1.60. The fraction of sp³-hybridized carbons (Fsp3) is 0.412. The van der Waals surface area contributed by atoms with Gasteiger partial charge in [-0.2, -0.15) is 0 Å². The van der Waals surface area contributed by atoms with Crippen LogP contribution in [0.3, 0.4) is 0 Å². The number of hydrogen-bond donors (Lipinski definition) is 0. The molecule has 0 unspecified atom stereocenters. The molecule has 1 saturated heterocycles. The van der Waals surface area contributed by atoms with Gasteiger partial charge in [0.05, 0.1) is 0 Å². The Labute approximate surface area is 126 Å². The second kappa shape index (κ2) is 6.22. The van der Waals surface area contributed by atoms with Crippen molar-refractivity contribution in [2.24, 2.45) is 0 Å². The number of rotatable bonds is 3. The van der Waals surface area contributed by atoms with Crippen LogP contribution < -0.4 is 4.90 Å². The summed E-state index contributed by atoms with van der Waals surface area (Å²) in [5, 5.41) is 0. The minimum absolute atomic E-state index is 0.881. The van der Waals surface area contributed by atoms with Gasteiger partial charge in [0.2, 0.25) is 5.95 Å². The van der Waals surface area contributed by atoms with Gasteiger partial charge in [-0.3, -0.25) is 4.90 Å². The zero-order valence-corrected chi connectivity index (χ0v) is 12.8. The highest BCUT2D eigenvalue weighted by atomic mass is 15.3. The van der Waals surface area contributed by atoms with E-state index in [1.165, 1.54) is 5.56 Å². The molecule has 1 fully saturated rings. The molecular weight excluding hydrogens is 260 g/mol. The van der Waals surface area contributed by atoms with Gasteiger partial charge >= 0.3 is 0 Å². The van der Waals surface area contributed by atoms with Crippen LogP contribution in [0.25, 0.3) is 0 Å². The highest BCUT2D eigenvalue weighted by Crippen LogP contribution is 2.14. The highest BCUT2D eigenvalue weighted by Gasteiger charge is 2.19. The van der Waals surface area contributed by atoms with E-state index in [2.05, 4.69) is 50.1 Å². The Morgan fingerprint density at radius 3 is 2.14 bits per heavy atom. The van der Waals surface area contributed by atoms with Crippen LogP contribution in [0.5, 0.6) is 0 Å². The lowest BCUT2D eigenvalue weighted by atomic mass is 10.2. The van der Waals surface area contributed by atoms with Crippen molar-refractivity contribution in [2.75, 3.05) is 31.1 Å². The van der Waals surface area contributed by atoms with Gasteiger partial charge < -0.3 is 4.90 Å². The molecule has 1 aromatic heterocycles. The van der Waals surface area contributed by atoms with Crippen LogP contribution in [0.2, 0.25) is 0 Å². The Hall–Kier alpha value is -1.94. The van der Waals surface area contributed by atoms with Crippen LogP contribution in [-0.2, 0) is 6.54 Å². The standard InChI is InChI=1S/C17H22N4/c1-14-12-15(2)19-17(18-14)21-10-8-20(9-11-21)13-16-6-4-3-5-7-16/h3-7,12H,8-11,13H2,1-2H3. The summed E-state index contributed by atoms with van der Waals surface area (Å²) in [6.07, 6.45) is 0. The maximum Gasteiger partial charge on any atom is 0.225 e. The minimum Gasteiger partial charge on any atom is -0.338 e. The fourth-order valence-corrected chi connectivity index (χ4v) is 2.80. The van der Waals surface area contributed by atoms with Crippen LogP contribution in [0, 0.1) is 13.8 Å². The first kappa shape index (κ1) is 14.0. The molecule has 21 heavy (non-hydrogen) atoms. The number of aromatic nitrogens is 2. The van der Waals surface area contributed by atoms with Gasteiger partial charge in [0.25, 0.3) is 0 Å². The molecule has 1 aliphatic rings. The third kappa shape index (κ3) is 3.58. The highest BCUT2D eigenvalue weighted by molar-refractivity contribution is 5.33. The molecule has 0 saturated carbocycles. The monoisotopic (exact) mass is 282 g/mol. The van der Waals surface area contributed by atoms with Crippen molar-refractivity contribution in [1.29, 1.82) is 0 Å². The molecule has 0 atom stereocenters. The van der Waals surface area contributed by atoms with Crippen molar-refractivity contribution in [3.63, 3.8) is 0 Å². The molecule has 0 spiro atoms. The number of anilines is 1. The van der Waals surface area contributed by atoms with Gasteiger partial charge in [-0.05, 0) is 25.5 Å². The molecule has 1 aromatic carbocycles. The number of benzene rings is 1. The molecule has 0 amide bonds. The number of hydrogen-bond acceptors (Lipinski definition) is 4. The summed E-state index contributed by atoms with van der Waals surface area (Å²) in [6.45, 7) is 9.21. The largest absolute Gasteiger partial charge is 0.338 e. The van der Waals surface area contributed by atoms with Crippen LogP contribution in [0.15, 0.2) is 36.4 Å². The Morgan fingerprint density at radius 2 is 1.52 bits per heavy atom. The van der Waals surface area contributed by atoms with Gasteiger partial charge in [-0.1, -0.05) is 30.3 Å². The summed E-state index contributed by atoms with van der Waals surface area (Å²) in [6, 6.07) is 12.7. The predicted octanol–water partition coefficient (Wildman–Crippen LogP) is 2.42. The Bertz CT molecular complexity index is 569. The van der Waals surface area contributed by atoms with Gasteiger partial charge in [0, 0.05) is 44.1 Å². The SMILES string of the molecule is Cc1cc(C)nc(N2CCN(Cc3ccccc3)CC2)n1. The average Bonchev–Trinajstić information content (AvgIpc) is 2.48. The molecule has 0 N–H and O–H groups in total. The number of aryl methyl sites for hydroxylation is 2. The summed E-state index contributed by atoms with van der Waals surface area (Å²) in [4.78, 5) is 13.9. The van der Waals surface area contributed by atoms with Crippen LogP contribution in [-0.4, -0.2) is 41.0 Å². The van der Waals surface area contributed by atoms with E-state index >= 15 is 0 Å². The summed E-state index contributed by atoms with van der Waals surface area (Å²) in [5.41, 5.74) is 3.47. The summed E-state index contributed by atoms with van der Waals surface area (Å²) >= 11 is 0. The van der Waals surface area contributed by atoms with E-state index in [0.29, 0.717) is 0 Å². The van der Waals surface area contributed by atoms with E-state index in [9.17, 15) is 0 Å². The van der Waals surface area contributed by atoms with E-state index in [4.69, 9.17) is 0 Å². The smallest absolute Gasteiger partial charge is 0.225 e. The summed E-state index contributed by atoms with van der Waals surface area (Å²) < 4.78 is 0. The molecule has 2 heterocycles. The molecule has 4 heteroatoms. The van der Waals surface area contributed by atoms with E-state index in [1.807, 2.05) is 19.9 Å². The Kier molecular flexibility index (Phi) is 4.15. The normalized spacial score (nSPS) is 16.2. The molecular formula is C17H22N4. The van der Waals surface area contributed by atoms with Crippen molar-refractivity contribution in [2.45, 2.75) is 20.4 Å². The zero-order chi connectivity index (χ0) is 14.7. The number of piperazine rings is 1. The van der Waals surface area contributed by atoms with Crippen LogP contribution >= 0.6 is 0 Å². The average molecular weight is 282 g/mol. The van der Waals surface area contributed by atoms with E-state index < -0.39 is 0 Å². The van der Waals surface area contributed by atoms with Gasteiger partial charge in [0.1, 0.15) is 0 Å². The predicted molar refractivity (Wildman–Crippen MR) is 85.4 cm³/mol. The van der Waals surface area contributed by atoms with Crippen molar-refractivity contribution in [3.8, 4) is 0 Å². The topological polar surface area (TPSA) is 32.3 Å². The van der Waals surface area contributed by atoms with E-state index in [1.54, 1.807) is 0 Å². The third-order valence-corrected chi connectivity index (χ3v) is 3.87.